The largest absolute Gasteiger partial charge is 0.484 e. The lowest BCUT2D eigenvalue weighted by Gasteiger charge is -2.51. The number of nitrogen functional groups attached to an aromatic ring is 1. The first-order valence-electron chi connectivity index (χ1n) is 17.7. The number of nitrogens with two attached hydrogens (primary N) is 1. The lowest BCUT2D eigenvalue weighted by atomic mass is 10.1. The fourth-order valence-electron chi connectivity index (χ4n) is 6.94. The predicted octanol–water partition coefficient (Wildman–Crippen LogP) is 4.80. The van der Waals surface area contributed by atoms with E-state index in [0.29, 0.717) is 16.9 Å². The molecule has 0 spiro atoms. The maximum atomic E-state index is 12.8. The van der Waals surface area contributed by atoms with Crippen molar-refractivity contribution in [1.29, 1.82) is 0 Å². The Morgan fingerprint density at radius 2 is 1.65 bits per heavy atom. The Morgan fingerprint density at radius 1 is 0.980 bits per heavy atom. The van der Waals surface area contributed by atoms with E-state index in [-0.39, 0.29) is 66.1 Å². The lowest BCUT2D eigenvalue weighted by Crippen LogP contribution is -2.66. The quantitative estimate of drug-likeness (QED) is 0.204. The second-order valence-corrected chi connectivity index (χ2v) is 23.1. The van der Waals surface area contributed by atoms with Crippen molar-refractivity contribution in [2.24, 2.45) is 0 Å². The van der Waals surface area contributed by atoms with E-state index in [4.69, 9.17) is 32.9 Å². The molecule has 0 aliphatic carbocycles. The molecule has 3 aromatic rings. The highest BCUT2D eigenvalue weighted by molar-refractivity contribution is 6.84. The third-order valence-corrected chi connectivity index (χ3v) is 19.9. The molecule has 2 amide bonds. The molecular weight excluding hydrogens is 691 g/mol. The first-order chi connectivity index (χ1) is 24.2. The van der Waals surface area contributed by atoms with Crippen molar-refractivity contribution in [3.05, 3.63) is 36.7 Å². The van der Waals surface area contributed by atoms with Crippen molar-refractivity contribution < 1.29 is 36.8 Å². The number of hydrogen-bond donors (Lipinski definition) is 3. The fraction of sp³-hybridized carbons (Fsp3) is 0.618. The molecule has 280 valence electrons. The molecule has 2 saturated heterocycles. The Morgan fingerprint density at radius 3 is 2.27 bits per heavy atom. The van der Waals surface area contributed by atoms with Crippen LogP contribution in [-0.2, 0) is 32.0 Å². The summed E-state index contributed by atoms with van der Waals surface area (Å²) in [7, 11) is -4.30. The number of benzene rings is 1. The molecule has 2 aromatic heterocycles. The van der Waals surface area contributed by atoms with Gasteiger partial charge in [-0.15, -0.1) is 0 Å². The molecule has 2 aliphatic heterocycles. The summed E-state index contributed by atoms with van der Waals surface area (Å²) < 4.78 is 42.3. The molecule has 0 bridgehead atoms. The second kappa shape index (κ2) is 16.1. The number of carbonyl (C=O) groups excluding carboxylic acids is 2. The van der Waals surface area contributed by atoms with Gasteiger partial charge in [0.2, 0.25) is 11.9 Å². The van der Waals surface area contributed by atoms with Crippen LogP contribution in [0.5, 0.6) is 5.75 Å². The summed E-state index contributed by atoms with van der Waals surface area (Å²) in [5.41, 5.74) is 7.45. The van der Waals surface area contributed by atoms with Gasteiger partial charge in [0.25, 0.3) is 5.91 Å². The minimum absolute atomic E-state index is 0.0202. The molecular formula is C34H53N7O8Si2. The maximum absolute atomic E-state index is 12.8. The van der Waals surface area contributed by atoms with Gasteiger partial charge in [0.15, 0.2) is 24.3 Å². The highest BCUT2D eigenvalue weighted by Crippen LogP contribution is 2.49. The molecule has 4 N–H and O–H groups in total. The van der Waals surface area contributed by atoms with Gasteiger partial charge in [0.05, 0.1) is 19.5 Å². The van der Waals surface area contributed by atoms with Crippen LogP contribution in [0.4, 0.5) is 11.8 Å². The number of amides is 2. The standard InChI is InChI=1S/C34H53N7O8Si2/c1-20(2)50(21(3)4)46-17-25-29(48-51(49-50,22(5)6)23(7)8)30(44-16-15-26(42)36-9)33(47-25)41-19-37-28-31(35)39-34(40-32(28)41)38-27(43)18-45-24-13-11-10-12-14-24/h10-14,19-23,25,29-30,33H,15-18H2,1-9H3,(H,36,42)(H3,35,38,39,40,43)/t25-,29-,30-,33-/m1/s1. The van der Waals surface area contributed by atoms with E-state index in [1.165, 1.54) is 0 Å². The van der Waals surface area contributed by atoms with E-state index < -0.39 is 47.6 Å². The normalized spacial score (nSPS) is 23.0. The molecule has 0 unspecified atom stereocenters. The van der Waals surface area contributed by atoms with Crippen molar-refractivity contribution in [3.8, 4) is 5.75 Å². The van der Waals surface area contributed by atoms with E-state index in [9.17, 15) is 9.59 Å². The molecule has 17 heteroatoms. The number of anilines is 2. The zero-order chi connectivity index (χ0) is 37.1. The molecule has 2 aliphatic rings. The van der Waals surface area contributed by atoms with Crippen LogP contribution in [0, 0.1) is 0 Å². The highest BCUT2D eigenvalue weighted by Gasteiger charge is 2.62. The van der Waals surface area contributed by atoms with Gasteiger partial charge < -0.3 is 38.2 Å². The number of fused-ring (bicyclic) bond motifs is 2. The minimum atomic E-state index is -3.05. The third kappa shape index (κ3) is 7.98. The summed E-state index contributed by atoms with van der Waals surface area (Å²) in [5.74, 6) is -0.0195. The highest BCUT2D eigenvalue weighted by atomic mass is 28.5. The molecule has 4 heterocycles. The predicted molar refractivity (Wildman–Crippen MR) is 196 cm³/mol. The number of nitrogens with one attached hydrogen (secondary N) is 2. The number of carbonyl (C=O) groups is 2. The van der Waals surface area contributed by atoms with E-state index in [2.05, 4.69) is 81.0 Å². The molecule has 4 atom stereocenters. The van der Waals surface area contributed by atoms with Gasteiger partial charge >= 0.3 is 17.1 Å². The Balaban J connectivity index is 1.52. The third-order valence-electron chi connectivity index (χ3n) is 9.62. The zero-order valence-electron chi connectivity index (χ0n) is 31.0. The first-order valence-corrected chi connectivity index (χ1v) is 21.6. The van der Waals surface area contributed by atoms with Crippen LogP contribution in [0.3, 0.4) is 0 Å². The summed E-state index contributed by atoms with van der Waals surface area (Å²) >= 11 is 0. The summed E-state index contributed by atoms with van der Waals surface area (Å²) in [6, 6.07) is 9.00. The van der Waals surface area contributed by atoms with Crippen LogP contribution < -0.4 is 21.1 Å². The number of rotatable bonds is 13. The maximum Gasteiger partial charge on any atom is 0.335 e. The number of ether oxygens (including phenoxy) is 3. The smallest absolute Gasteiger partial charge is 0.335 e. The van der Waals surface area contributed by atoms with Crippen molar-refractivity contribution >= 4 is 51.9 Å². The number of nitrogens with zero attached hydrogens (tertiary/aromatic N) is 4. The molecule has 1 aromatic carbocycles. The van der Waals surface area contributed by atoms with Crippen LogP contribution >= 0.6 is 0 Å². The van der Waals surface area contributed by atoms with E-state index in [1.807, 2.05) is 18.2 Å². The summed E-state index contributed by atoms with van der Waals surface area (Å²) in [4.78, 5) is 38.5. The molecule has 0 radical (unpaired) electrons. The number of hydrogen-bond acceptors (Lipinski definition) is 12. The zero-order valence-corrected chi connectivity index (χ0v) is 33.0. The van der Waals surface area contributed by atoms with Crippen molar-refractivity contribution in [2.45, 2.75) is 109 Å². The lowest BCUT2D eigenvalue weighted by molar-refractivity contribution is -0.124. The Labute approximate surface area is 301 Å². The van der Waals surface area contributed by atoms with Gasteiger partial charge in [-0.2, -0.15) is 9.97 Å². The Kier molecular flexibility index (Phi) is 12.2. The summed E-state index contributed by atoms with van der Waals surface area (Å²) in [6.07, 6.45) is -0.964. The van der Waals surface area contributed by atoms with Crippen LogP contribution in [0.25, 0.3) is 11.2 Å². The van der Waals surface area contributed by atoms with Crippen LogP contribution in [-0.4, -0.2) is 93.6 Å². The van der Waals surface area contributed by atoms with Crippen molar-refractivity contribution in [1.82, 2.24) is 24.8 Å². The van der Waals surface area contributed by atoms with Gasteiger partial charge in [-0.1, -0.05) is 73.6 Å². The van der Waals surface area contributed by atoms with Gasteiger partial charge in [-0.3, -0.25) is 19.5 Å². The SMILES string of the molecule is CNC(=O)CCO[C@@H]1[C@@H]2O[Si](C(C)C)(C(C)C)O[Si](C(C)C)(C(C)C)OC[C@H]2O[C@H]1n1cnc2c(N)nc(NC(=O)COc3ccccc3)nc21. The Hall–Kier alpha value is -3.46. The van der Waals surface area contributed by atoms with Crippen molar-refractivity contribution in [2.75, 3.05) is 37.9 Å². The van der Waals surface area contributed by atoms with Gasteiger partial charge in [0.1, 0.15) is 29.6 Å². The molecule has 5 rings (SSSR count). The summed E-state index contributed by atoms with van der Waals surface area (Å²) in [6.45, 7) is 17.4. The monoisotopic (exact) mass is 743 g/mol. The van der Waals surface area contributed by atoms with Crippen molar-refractivity contribution in [3.63, 3.8) is 0 Å². The van der Waals surface area contributed by atoms with Gasteiger partial charge in [-0.05, 0) is 34.3 Å². The van der Waals surface area contributed by atoms with E-state index in [1.54, 1.807) is 30.1 Å². The topological polar surface area (TPSA) is 183 Å². The minimum Gasteiger partial charge on any atom is -0.484 e. The summed E-state index contributed by atoms with van der Waals surface area (Å²) in [5, 5.41) is 5.32. The van der Waals surface area contributed by atoms with E-state index >= 15 is 0 Å². The second-order valence-electron chi connectivity index (χ2n) is 14.3. The number of imidazole rings is 1. The van der Waals surface area contributed by atoms with E-state index in [0.717, 1.165) is 0 Å². The number of aromatic nitrogens is 4. The molecule has 0 saturated carbocycles. The van der Waals surface area contributed by atoms with Gasteiger partial charge in [0, 0.05) is 13.5 Å². The van der Waals surface area contributed by atoms with Crippen LogP contribution in [0.1, 0.15) is 68.0 Å². The molecule has 15 nitrogen and oxygen atoms in total. The number of para-hydroxylation sites is 1. The van der Waals surface area contributed by atoms with Crippen LogP contribution in [0.15, 0.2) is 36.7 Å². The molecule has 51 heavy (non-hydrogen) atoms. The average Bonchev–Trinajstić information content (AvgIpc) is 3.64. The Bertz CT molecular complexity index is 1640. The fourth-order valence-corrected chi connectivity index (χ4v) is 18.2. The average molecular weight is 744 g/mol. The van der Waals surface area contributed by atoms with Gasteiger partial charge in [-0.25, -0.2) is 4.98 Å². The van der Waals surface area contributed by atoms with Crippen LogP contribution in [0.2, 0.25) is 22.2 Å². The molecule has 2 fully saturated rings. The first kappa shape index (κ1) is 38.8.